The first-order chi connectivity index (χ1) is 13.5. The van der Waals surface area contributed by atoms with Crippen molar-refractivity contribution in [3.8, 4) is 0 Å². The topological polar surface area (TPSA) is 112 Å². The van der Waals surface area contributed by atoms with Crippen molar-refractivity contribution < 1.29 is 19.4 Å². The molecule has 3 heterocycles. The minimum Gasteiger partial charge on any atom is -0.476 e. The number of ether oxygens (including phenoxy) is 1. The van der Waals surface area contributed by atoms with Crippen LogP contribution < -0.4 is 0 Å². The van der Waals surface area contributed by atoms with E-state index >= 15 is 0 Å². The minimum absolute atomic E-state index is 0.102. The van der Waals surface area contributed by atoms with E-state index in [1.54, 1.807) is 6.92 Å². The molecule has 1 saturated carbocycles. The number of carbonyl (C=O) groups is 2. The highest BCUT2D eigenvalue weighted by molar-refractivity contribution is 5.84. The van der Waals surface area contributed by atoms with Gasteiger partial charge in [-0.15, -0.1) is 5.10 Å². The first-order valence-corrected chi connectivity index (χ1v) is 9.33. The summed E-state index contributed by atoms with van der Waals surface area (Å²) >= 11 is 0. The largest absolute Gasteiger partial charge is 0.476 e. The third-order valence-corrected chi connectivity index (χ3v) is 4.73. The Morgan fingerprint density at radius 1 is 1.29 bits per heavy atom. The van der Waals surface area contributed by atoms with Crippen LogP contribution in [0.5, 0.6) is 0 Å². The van der Waals surface area contributed by atoms with Gasteiger partial charge in [0, 0.05) is 18.8 Å². The molecule has 0 saturated heterocycles. The van der Waals surface area contributed by atoms with Crippen molar-refractivity contribution in [1.29, 1.82) is 0 Å². The van der Waals surface area contributed by atoms with Gasteiger partial charge in [0.25, 0.3) is 0 Å². The van der Waals surface area contributed by atoms with Crippen molar-refractivity contribution in [3.63, 3.8) is 0 Å². The molecule has 9 nitrogen and oxygen atoms in total. The Bertz CT molecular complexity index is 1030. The summed E-state index contributed by atoms with van der Waals surface area (Å²) in [5.74, 6) is -0.755. The Morgan fingerprint density at radius 3 is 2.79 bits per heavy atom. The van der Waals surface area contributed by atoms with Crippen LogP contribution >= 0.6 is 0 Å². The Morgan fingerprint density at radius 2 is 2.11 bits per heavy atom. The Kier molecular flexibility index (Phi) is 4.81. The van der Waals surface area contributed by atoms with Crippen LogP contribution in [-0.2, 0) is 22.5 Å². The molecule has 0 radical (unpaired) electrons. The van der Waals surface area contributed by atoms with E-state index in [0.29, 0.717) is 31.9 Å². The molecule has 1 N–H and O–H groups in total. The summed E-state index contributed by atoms with van der Waals surface area (Å²) in [4.78, 5) is 27.4. The highest BCUT2D eigenvalue weighted by Gasteiger charge is 2.25. The van der Waals surface area contributed by atoms with Crippen molar-refractivity contribution in [1.82, 2.24) is 24.4 Å². The molecule has 0 atom stereocenters. The van der Waals surface area contributed by atoms with E-state index in [4.69, 9.17) is 9.84 Å². The molecule has 4 rings (SSSR count). The predicted octanol–water partition coefficient (Wildman–Crippen LogP) is 2.05. The number of fused-ring (bicyclic) bond motifs is 1. The summed E-state index contributed by atoms with van der Waals surface area (Å²) < 4.78 is 8.47. The lowest BCUT2D eigenvalue weighted by molar-refractivity contribution is -0.143. The number of nitrogens with zero attached hydrogens (tertiary/aromatic N) is 5. The maximum atomic E-state index is 11.8. The lowest BCUT2D eigenvalue weighted by atomic mass is 10.1. The average molecular weight is 383 g/mol. The number of hydrogen-bond acceptors (Lipinski definition) is 6. The maximum Gasteiger partial charge on any atom is 0.358 e. The van der Waals surface area contributed by atoms with E-state index in [9.17, 15) is 9.59 Å². The number of carbonyl (C=O) groups excluding carboxylic acids is 1. The zero-order valence-electron chi connectivity index (χ0n) is 15.5. The molecule has 9 heteroatoms. The number of aryl methyl sites for hydroxylation is 1. The first kappa shape index (κ1) is 18.1. The number of carboxylic acid groups (broad SMARTS) is 1. The second-order valence-corrected chi connectivity index (χ2v) is 6.95. The fourth-order valence-electron chi connectivity index (χ4n) is 3.25. The second-order valence-electron chi connectivity index (χ2n) is 6.95. The fraction of sp³-hybridized carbons (Fsp3) is 0.421. The van der Waals surface area contributed by atoms with Gasteiger partial charge >= 0.3 is 11.9 Å². The summed E-state index contributed by atoms with van der Waals surface area (Å²) in [6.07, 6.45) is 8.61. The van der Waals surface area contributed by atoms with E-state index in [1.807, 2.05) is 10.6 Å². The fourth-order valence-corrected chi connectivity index (χ4v) is 3.25. The third-order valence-electron chi connectivity index (χ3n) is 4.73. The molecule has 28 heavy (non-hydrogen) atoms. The lowest BCUT2D eigenvalue weighted by Crippen LogP contribution is -2.06. The quantitative estimate of drug-likeness (QED) is 0.593. The normalized spacial score (nSPS) is 13.8. The predicted molar refractivity (Wildman–Crippen MR) is 98.2 cm³/mol. The average Bonchev–Trinajstić information content (AvgIpc) is 3.27. The van der Waals surface area contributed by atoms with Gasteiger partial charge in [-0.3, -0.25) is 4.79 Å². The maximum absolute atomic E-state index is 11.8. The van der Waals surface area contributed by atoms with Crippen molar-refractivity contribution in [2.45, 2.75) is 45.1 Å². The van der Waals surface area contributed by atoms with E-state index < -0.39 is 5.97 Å². The van der Waals surface area contributed by atoms with E-state index in [2.05, 4.69) is 27.6 Å². The minimum atomic E-state index is -1.11. The van der Waals surface area contributed by atoms with Gasteiger partial charge in [-0.1, -0.05) is 11.3 Å². The van der Waals surface area contributed by atoms with Crippen molar-refractivity contribution in [3.05, 3.63) is 47.2 Å². The molecule has 0 spiro atoms. The summed E-state index contributed by atoms with van der Waals surface area (Å²) in [5, 5.41) is 16.4. The van der Waals surface area contributed by atoms with Crippen LogP contribution in [0.1, 0.15) is 59.4 Å². The van der Waals surface area contributed by atoms with Gasteiger partial charge in [0.15, 0.2) is 5.69 Å². The van der Waals surface area contributed by atoms with Crippen LogP contribution in [0.3, 0.4) is 0 Å². The highest BCUT2D eigenvalue weighted by Crippen LogP contribution is 2.40. The number of esters is 1. The number of rotatable bonds is 8. The Balaban J connectivity index is 1.61. The molecule has 0 aliphatic heterocycles. The van der Waals surface area contributed by atoms with E-state index in [-0.39, 0.29) is 11.7 Å². The zero-order valence-corrected chi connectivity index (χ0v) is 15.5. The smallest absolute Gasteiger partial charge is 0.358 e. The van der Waals surface area contributed by atoms with Gasteiger partial charge in [-0.25, -0.2) is 14.5 Å². The van der Waals surface area contributed by atoms with Gasteiger partial charge in [0.2, 0.25) is 0 Å². The number of aromatic nitrogens is 5. The molecule has 0 amide bonds. The molecule has 0 aromatic carbocycles. The molecular weight excluding hydrogens is 362 g/mol. The number of pyridine rings is 1. The van der Waals surface area contributed by atoms with Crippen LogP contribution in [0, 0.1) is 0 Å². The number of aromatic carboxylic acids is 1. The molecule has 3 aromatic heterocycles. The summed E-state index contributed by atoms with van der Waals surface area (Å²) in [7, 11) is 0. The number of imidazole rings is 1. The van der Waals surface area contributed by atoms with Crippen molar-refractivity contribution >= 4 is 17.6 Å². The summed E-state index contributed by atoms with van der Waals surface area (Å²) in [6.45, 7) is 2.49. The van der Waals surface area contributed by atoms with Crippen LogP contribution in [0.25, 0.3) is 5.65 Å². The van der Waals surface area contributed by atoms with Crippen LogP contribution in [-0.4, -0.2) is 48.0 Å². The molecule has 146 valence electrons. The van der Waals surface area contributed by atoms with Crippen molar-refractivity contribution in [2.24, 2.45) is 0 Å². The molecule has 1 aliphatic rings. The highest BCUT2D eigenvalue weighted by atomic mass is 16.5. The molecule has 3 aromatic rings. The SMILES string of the molecule is CCOC(=O)CCc1cc(C2CC2)cn2cc(Cn3cc(C(=O)O)nn3)nc12. The summed E-state index contributed by atoms with van der Waals surface area (Å²) in [5.41, 5.74) is 3.70. The summed E-state index contributed by atoms with van der Waals surface area (Å²) in [6, 6.07) is 2.14. The Hall–Kier alpha value is -3.23. The molecule has 0 unspecified atom stereocenters. The zero-order chi connectivity index (χ0) is 19.7. The van der Waals surface area contributed by atoms with Gasteiger partial charge in [0.1, 0.15) is 5.65 Å². The van der Waals surface area contributed by atoms with Crippen LogP contribution in [0.4, 0.5) is 0 Å². The standard InChI is InChI=1S/C19H21N5O4/c1-2-28-17(25)6-5-13-7-14(12-3-4-12)8-23-9-15(20-18(13)23)10-24-11-16(19(26)27)21-22-24/h7-9,11-12H,2-6,10H2,1H3,(H,26,27). The molecule has 0 bridgehead atoms. The van der Waals surface area contributed by atoms with Gasteiger partial charge in [-0.05, 0) is 43.2 Å². The Labute approximate surface area is 160 Å². The first-order valence-electron chi connectivity index (χ1n) is 9.33. The van der Waals surface area contributed by atoms with E-state index in [1.165, 1.54) is 29.3 Å². The van der Waals surface area contributed by atoms with Gasteiger partial charge < -0.3 is 14.2 Å². The van der Waals surface area contributed by atoms with Gasteiger partial charge in [-0.2, -0.15) is 0 Å². The number of carboxylic acids is 1. The van der Waals surface area contributed by atoms with Gasteiger partial charge in [0.05, 0.1) is 25.0 Å². The van der Waals surface area contributed by atoms with Crippen LogP contribution in [0.2, 0.25) is 0 Å². The lowest BCUT2D eigenvalue weighted by Gasteiger charge is -2.07. The number of hydrogen-bond donors (Lipinski definition) is 1. The third kappa shape index (κ3) is 3.88. The monoisotopic (exact) mass is 383 g/mol. The van der Waals surface area contributed by atoms with E-state index in [0.717, 1.165) is 16.9 Å². The van der Waals surface area contributed by atoms with Crippen molar-refractivity contribution in [2.75, 3.05) is 6.61 Å². The second kappa shape index (κ2) is 7.41. The molecule has 1 fully saturated rings. The van der Waals surface area contributed by atoms with Crippen LogP contribution in [0.15, 0.2) is 24.7 Å². The molecule has 1 aliphatic carbocycles. The molecular formula is C19H21N5O4.